The zero-order chi connectivity index (χ0) is 28.8. The van der Waals surface area contributed by atoms with Gasteiger partial charge in [-0.2, -0.15) is 0 Å². The van der Waals surface area contributed by atoms with Crippen molar-refractivity contribution in [3.63, 3.8) is 0 Å². The first-order chi connectivity index (χ1) is 18.3. The van der Waals surface area contributed by atoms with Crippen LogP contribution in [0.25, 0.3) is 0 Å². The summed E-state index contributed by atoms with van der Waals surface area (Å²) in [4.78, 5) is 15.3. The zero-order valence-corrected chi connectivity index (χ0v) is 25.4. The number of carbonyl (C=O) groups is 1. The average Bonchev–Trinajstić information content (AvgIpc) is 3.29. The summed E-state index contributed by atoms with van der Waals surface area (Å²) in [6.07, 6.45) is 10.2. The first kappa shape index (κ1) is 30.8. The Balaban J connectivity index is 1.88. The van der Waals surface area contributed by atoms with E-state index in [4.69, 9.17) is 0 Å². The predicted molar refractivity (Wildman–Crippen MR) is 162 cm³/mol. The van der Waals surface area contributed by atoms with Crippen molar-refractivity contribution in [3.05, 3.63) is 52.1 Å². The monoisotopic (exact) mass is 557 g/mol. The third-order valence-electron chi connectivity index (χ3n) is 7.78. The highest BCUT2D eigenvalue weighted by atomic mass is 32.2. The van der Waals surface area contributed by atoms with Gasteiger partial charge in [0.05, 0.1) is 17.5 Å². The number of benzene rings is 2. The van der Waals surface area contributed by atoms with Gasteiger partial charge in [-0.25, -0.2) is 8.42 Å². The van der Waals surface area contributed by atoms with Crippen molar-refractivity contribution in [2.45, 2.75) is 86.0 Å². The second-order valence-electron chi connectivity index (χ2n) is 11.9. The molecule has 0 saturated heterocycles. The van der Waals surface area contributed by atoms with Crippen molar-refractivity contribution in [3.8, 4) is 5.75 Å². The number of phenols is 1. The number of anilines is 2. The maximum Gasteiger partial charge on any atom is 0.255 e. The molecule has 0 atom stereocenters. The topological polar surface area (TPSA) is 98.7 Å². The third-order valence-corrected chi connectivity index (χ3v) is 8.35. The van der Waals surface area contributed by atoms with Crippen molar-refractivity contribution in [2.75, 3.05) is 35.5 Å². The van der Waals surface area contributed by atoms with Crippen LogP contribution in [0.5, 0.6) is 5.75 Å². The molecule has 1 aliphatic rings. The molecule has 0 bridgehead atoms. The van der Waals surface area contributed by atoms with Crippen LogP contribution in [0.4, 0.5) is 11.4 Å². The van der Waals surface area contributed by atoms with Crippen molar-refractivity contribution in [1.29, 1.82) is 0 Å². The number of unbranched alkanes of at least 4 members (excludes halogenated alkanes) is 5. The van der Waals surface area contributed by atoms with Gasteiger partial charge >= 0.3 is 0 Å². The van der Waals surface area contributed by atoms with Gasteiger partial charge in [-0.15, -0.1) is 0 Å². The number of sulfonamides is 1. The Morgan fingerprint density at radius 1 is 1.05 bits per heavy atom. The van der Waals surface area contributed by atoms with Crippen LogP contribution in [0, 0.1) is 19.3 Å². The van der Waals surface area contributed by atoms with Crippen LogP contribution in [0.2, 0.25) is 0 Å². The molecule has 0 aromatic heterocycles. The summed E-state index contributed by atoms with van der Waals surface area (Å²) in [6, 6.07) is 6.54. The first-order valence-electron chi connectivity index (χ1n) is 14.3. The molecular formula is C31H47N3O4S. The lowest BCUT2D eigenvalue weighted by Gasteiger charge is -2.31. The third kappa shape index (κ3) is 8.13. The summed E-state index contributed by atoms with van der Waals surface area (Å²) in [5, 5.41) is 13.1. The van der Waals surface area contributed by atoms with Crippen molar-refractivity contribution in [1.82, 2.24) is 5.32 Å². The minimum atomic E-state index is -3.44. The van der Waals surface area contributed by atoms with Gasteiger partial charge < -0.3 is 15.3 Å². The van der Waals surface area contributed by atoms with E-state index in [0.717, 1.165) is 42.6 Å². The van der Waals surface area contributed by atoms with E-state index < -0.39 is 10.0 Å². The highest BCUT2D eigenvalue weighted by molar-refractivity contribution is 7.92. The maximum absolute atomic E-state index is 12.8. The summed E-state index contributed by atoms with van der Waals surface area (Å²) in [5.74, 6) is -0.349. The van der Waals surface area contributed by atoms with E-state index in [1.807, 2.05) is 13.8 Å². The molecule has 39 heavy (non-hydrogen) atoms. The van der Waals surface area contributed by atoms with E-state index >= 15 is 0 Å². The lowest BCUT2D eigenvalue weighted by Crippen LogP contribution is -2.36. The molecule has 216 valence electrons. The second kappa shape index (κ2) is 13.1. The van der Waals surface area contributed by atoms with E-state index in [1.165, 1.54) is 55.7 Å². The molecule has 0 saturated carbocycles. The lowest BCUT2D eigenvalue weighted by molar-refractivity contribution is 0.0933. The van der Waals surface area contributed by atoms with Crippen LogP contribution < -0.4 is 14.9 Å². The van der Waals surface area contributed by atoms with Crippen molar-refractivity contribution in [2.24, 2.45) is 5.41 Å². The summed E-state index contributed by atoms with van der Waals surface area (Å²) in [6.45, 7) is 12.8. The number of rotatable bonds is 14. The van der Waals surface area contributed by atoms with Gasteiger partial charge in [0.15, 0.2) is 0 Å². The Bertz CT molecular complexity index is 1270. The van der Waals surface area contributed by atoms with E-state index in [2.05, 4.69) is 35.7 Å². The molecule has 2 aromatic carbocycles. The molecule has 0 fully saturated rings. The fourth-order valence-electron chi connectivity index (χ4n) is 5.65. The normalized spacial score (nSPS) is 13.4. The average molecular weight is 558 g/mol. The molecule has 1 heterocycles. The van der Waals surface area contributed by atoms with Crippen LogP contribution in [0.1, 0.15) is 91.9 Å². The van der Waals surface area contributed by atoms with Gasteiger partial charge in [0.25, 0.3) is 5.91 Å². The first-order valence-corrected chi connectivity index (χ1v) is 16.2. The molecule has 1 aliphatic heterocycles. The number of para-hydroxylation sites is 1. The fourth-order valence-corrected chi connectivity index (χ4v) is 6.33. The molecule has 8 heteroatoms. The van der Waals surface area contributed by atoms with Gasteiger partial charge in [0.2, 0.25) is 10.0 Å². The molecule has 1 amide bonds. The quantitative estimate of drug-likeness (QED) is 0.244. The number of fused-ring (bicyclic) bond motifs is 1. The summed E-state index contributed by atoms with van der Waals surface area (Å²) in [7, 11) is -3.44. The molecule has 7 nitrogen and oxygen atoms in total. The smallest absolute Gasteiger partial charge is 0.255 e. The molecule has 3 rings (SSSR count). The number of hydrogen-bond acceptors (Lipinski definition) is 5. The molecule has 3 N–H and O–H groups in total. The van der Waals surface area contributed by atoms with Gasteiger partial charge in [0.1, 0.15) is 5.75 Å². The van der Waals surface area contributed by atoms with Crippen LogP contribution >= 0.6 is 0 Å². The van der Waals surface area contributed by atoms with Crippen LogP contribution in [0.3, 0.4) is 0 Å². The highest BCUT2D eigenvalue weighted by Gasteiger charge is 2.32. The van der Waals surface area contributed by atoms with Crippen molar-refractivity contribution < 1.29 is 18.3 Å². The molecular weight excluding hydrogens is 510 g/mol. The number of carbonyl (C=O) groups excluding carboxylic acids is 1. The Hall–Kier alpha value is -2.74. The Morgan fingerprint density at radius 3 is 2.38 bits per heavy atom. The Labute approximate surface area is 235 Å². The number of nitrogens with one attached hydrogen (secondary N) is 2. The van der Waals surface area contributed by atoms with E-state index in [9.17, 15) is 18.3 Å². The molecule has 0 unspecified atom stereocenters. The minimum Gasteiger partial charge on any atom is -0.507 e. The minimum absolute atomic E-state index is 0.0400. The number of amides is 1. The SMILES string of the molecule is CCCCCCCCN1CCc2c(C)c(NS(C)(=O)=O)c(C)c(CC(C)(C)CNC(=O)c3ccccc3O)c21. The molecule has 0 aliphatic carbocycles. The van der Waals surface area contributed by atoms with Gasteiger partial charge in [-0.3, -0.25) is 9.52 Å². The maximum atomic E-state index is 12.8. The predicted octanol–water partition coefficient (Wildman–Crippen LogP) is 6.10. The summed E-state index contributed by atoms with van der Waals surface area (Å²) in [5.41, 5.74) is 6.20. The van der Waals surface area contributed by atoms with Gasteiger partial charge in [-0.1, -0.05) is 65.0 Å². The second-order valence-corrected chi connectivity index (χ2v) is 13.6. The number of aromatic hydroxyl groups is 1. The number of phenolic OH excluding ortho intramolecular Hbond substituents is 1. The fraction of sp³-hybridized carbons (Fsp3) is 0.581. The van der Waals surface area contributed by atoms with Crippen LogP contribution in [-0.2, 0) is 22.9 Å². The van der Waals surface area contributed by atoms with Crippen LogP contribution in [0.15, 0.2) is 24.3 Å². The summed E-state index contributed by atoms with van der Waals surface area (Å²) < 4.78 is 27.3. The van der Waals surface area contributed by atoms with E-state index in [1.54, 1.807) is 18.2 Å². The zero-order valence-electron chi connectivity index (χ0n) is 24.6. The summed E-state index contributed by atoms with van der Waals surface area (Å²) >= 11 is 0. The molecule has 0 radical (unpaired) electrons. The van der Waals surface area contributed by atoms with Crippen LogP contribution in [-0.4, -0.2) is 45.3 Å². The standard InChI is InChI=1S/C31H47N3O4S/c1-7-8-9-10-11-14-18-34-19-17-24-22(2)28(33-39(6,37)38)23(3)26(29(24)34)20-31(4,5)21-32-30(36)25-15-12-13-16-27(25)35/h12-13,15-16,33,35H,7-11,14,17-21H2,1-6H3,(H,32,36). The van der Waals surface area contributed by atoms with E-state index in [0.29, 0.717) is 18.7 Å². The molecule has 2 aromatic rings. The number of nitrogens with zero attached hydrogens (tertiary/aromatic N) is 1. The molecule has 0 spiro atoms. The Kier molecular flexibility index (Phi) is 10.3. The van der Waals surface area contributed by atoms with Crippen molar-refractivity contribution >= 4 is 27.3 Å². The van der Waals surface area contributed by atoms with E-state index in [-0.39, 0.29) is 22.6 Å². The van der Waals surface area contributed by atoms with Gasteiger partial charge in [-0.05, 0) is 72.9 Å². The lowest BCUT2D eigenvalue weighted by atomic mass is 9.81. The number of hydrogen-bond donors (Lipinski definition) is 3. The Morgan fingerprint density at radius 2 is 1.72 bits per heavy atom. The highest BCUT2D eigenvalue weighted by Crippen LogP contribution is 2.44. The largest absolute Gasteiger partial charge is 0.507 e. The van der Waals surface area contributed by atoms with Gasteiger partial charge in [0, 0.05) is 25.3 Å².